The number of benzene rings is 1. The van der Waals surface area contributed by atoms with Gasteiger partial charge in [0.25, 0.3) is 0 Å². The van der Waals surface area contributed by atoms with Crippen LogP contribution in [0.25, 0.3) is 10.8 Å². The van der Waals surface area contributed by atoms with E-state index in [1.54, 1.807) is 6.20 Å². The fourth-order valence-corrected chi connectivity index (χ4v) is 2.32. The number of nitrogens with one attached hydrogen (secondary N) is 1. The summed E-state index contributed by atoms with van der Waals surface area (Å²) in [6.07, 6.45) is 7.12. The van der Waals surface area contributed by atoms with Gasteiger partial charge < -0.3 is 11.1 Å². The van der Waals surface area contributed by atoms with Gasteiger partial charge in [0.1, 0.15) is 5.82 Å². The molecule has 0 saturated carbocycles. The van der Waals surface area contributed by atoms with Crippen molar-refractivity contribution in [1.82, 2.24) is 10.3 Å². The van der Waals surface area contributed by atoms with E-state index in [1.807, 2.05) is 12.3 Å². The SMILES string of the molecule is Nc1nccc2ccc(C3C=CNCC3)cc12. The Balaban J connectivity index is 2.09. The number of nitrogens with two attached hydrogens (primary N) is 1. The highest BCUT2D eigenvalue weighted by atomic mass is 14.8. The van der Waals surface area contributed by atoms with Crippen molar-refractivity contribution < 1.29 is 0 Å². The van der Waals surface area contributed by atoms with E-state index in [4.69, 9.17) is 5.73 Å². The summed E-state index contributed by atoms with van der Waals surface area (Å²) in [5.74, 6) is 1.10. The minimum atomic E-state index is 0.486. The third-order valence-electron chi connectivity index (χ3n) is 3.30. The summed E-state index contributed by atoms with van der Waals surface area (Å²) in [6.45, 7) is 1.03. The van der Waals surface area contributed by atoms with Gasteiger partial charge in [0.05, 0.1) is 0 Å². The minimum absolute atomic E-state index is 0.486. The number of fused-ring (bicyclic) bond motifs is 1. The van der Waals surface area contributed by atoms with Crippen molar-refractivity contribution in [3.63, 3.8) is 0 Å². The van der Waals surface area contributed by atoms with Crippen molar-refractivity contribution in [1.29, 1.82) is 0 Å². The quantitative estimate of drug-likeness (QED) is 0.783. The smallest absolute Gasteiger partial charge is 0.131 e. The monoisotopic (exact) mass is 225 g/mol. The molecule has 1 aliphatic rings. The number of anilines is 1. The first-order valence-electron chi connectivity index (χ1n) is 5.89. The Morgan fingerprint density at radius 3 is 3.06 bits per heavy atom. The lowest BCUT2D eigenvalue weighted by Gasteiger charge is -2.18. The van der Waals surface area contributed by atoms with Crippen LogP contribution in [-0.2, 0) is 0 Å². The third-order valence-corrected chi connectivity index (χ3v) is 3.30. The van der Waals surface area contributed by atoms with Crippen LogP contribution in [-0.4, -0.2) is 11.5 Å². The van der Waals surface area contributed by atoms with Crippen LogP contribution >= 0.6 is 0 Å². The van der Waals surface area contributed by atoms with Crippen LogP contribution in [0.3, 0.4) is 0 Å². The van der Waals surface area contributed by atoms with Crippen molar-refractivity contribution in [3.8, 4) is 0 Å². The zero-order chi connectivity index (χ0) is 11.7. The number of allylic oxidation sites excluding steroid dienone is 1. The van der Waals surface area contributed by atoms with Gasteiger partial charge in [0.15, 0.2) is 0 Å². The predicted molar refractivity (Wildman–Crippen MR) is 70.7 cm³/mol. The molecular formula is C14H15N3. The lowest BCUT2D eigenvalue weighted by atomic mass is 9.92. The van der Waals surface area contributed by atoms with E-state index in [9.17, 15) is 0 Å². The predicted octanol–water partition coefficient (Wildman–Crippen LogP) is 2.41. The molecule has 17 heavy (non-hydrogen) atoms. The molecule has 1 aliphatic heterocycles. The van der Waals surface area contributed by atoms with Crippen LogP contribution in [0, 0.1) is 0 Å². The Kier molecular flexibility index (Phi) is 2.44. The number of rotatable bonds is 1. The molecule has 1 aromatic carbocycles. The highest BCUT2D eigenvalue weighted by Crippen LogP contribution is 2.27. The molecule has 0 saturated heterocycles. The molecule has 1 unspecified atom stereocenters. The van der Waals surface area contributed by atoms with Gasteiger partial charge in [-0.1, -0.05) is 18.2 Å². The maximum atomic E-state index is 5.91. The zero-order valence-corrected chi connectivity index (χ0v) is 9.56. The fourth-order valence-electron chi connectivity index (χ4n) is 2.32. The van der Waals surface area contributed by atoms with Crippen molar-refractivity contribution in [2.75, 3.05) is 12.3 Å². The minimum Gasteiger partial charge on any atom is -0.391 e. The number of hydrogen-bond acceptors (Lipinski definition) is 3. The highest BCUT2D eigenvalue weighted by molar-refractivity contribution is 5.91. The Morgan fingerprint density at radius 1 is 1.29 bits per heavy atom. The Bertz CT molecular complexity index is 575. The highest BCUT2D eigenvalue weighted by Gasteiger charge is 2.11. The average Bonchev–Trinajstić information content (AvgIpc) is 2.40. The molecule has 1 atom stereocenters. The normalized spacial score (nSPS) is 19.2. The molecule has 1 aromatic heterocycles. The van der Waals surface area contributed by atoms with Crippen molar-refractivity contribution in [2.45, 2.75) is 12.3 Å². The summed E-state index contributed by atoms with van der Waals surface area (Å²) in [6, 6.07) is 8.46. The Labute approximate surface area is 100 Å². The van der Waals surface area contributed by atoms with E-state index < -0.39 is 0 Å². The first kappa shape index (κ1) is 10.1. The topological polar surface area (TPSA) is 50.9 Å². The Morgan fingerprint density at radius 2 is 2.24 bits per heavy atom. The van der Waals surface area contributed by atoms with Gasteiger partial charge >= 0.3 is 0 Å². The standard InChI is InChI=1S/C14H15N3/c15-14-13-9-12(10-3-6-16-7-4-10)2-1-11(13)5-8-17-14/h1-3,5-6,8-10,16H,4,7H2,(H2,15,17). The molecule has 2 heterocycles. The number of aromatic nitrogens is 1. The molecule has 0 aliphatic carbocycles. The summed E-state index contributed by atoms with van der Waals surface area (Å²) in [5.41, 5.74) is 7.23. The summed E-state index contributed by atoms with van der Waals surface area (Å²) in [5, 5.41) is 5.42. The molecule has 0 fully saturated rings. The molecule has 0 spiro atoms. The van der Waals surface area contributed by atoms with Gasteiger partial charge in [0.2, 0.25) is 0 Å². The van der Waals surface area contributed by atoms with Gasteiger partial charge in [-0.3, -0.25) is 0 Å². The molecule has 0 amide bonds. The van der Waals surface area contributed by atoms with E-state index in [0.717, 1.165) is 23.7 Å². The second-order valence-electron chi connectivity index (χ2n) is 4.39. The summed E-state index contributed by atoms with van der Waals surface area (Å²) < 4.78 is 0. The average molecular weight is 225 g/mol. The molecular weight excluding hydrogens is 210 g/mol. The van der Waals surface area contributed by atoms with Crippen LogP contribution in [0.15, 0.2) is 42.7 Å². The van der Waals surface area contributed by atoms with Gasteiger partial charge in [-0.05, 0) is 35.7 Å². The lowest BCUT2D eigenvalue weighted by molar-refractivity contribution is 0.658. The summed E-state index contributed by atoms with van der Waals surface area (Å²) in [4.78, 5) is 4.14. The molecule has 3 heteroatoms. The van der Waals surface area contributed by atoms with Crippen molar-refractivity contribution in [2.24, 2.45) is 0 Å². The van der Waals surface area contributed by atoms with E-state index >= 15 is 0 Å². The van der Waals surface area contributed by atoms with Crippen LogP contribution in [0.2, 0.25) is 0 Å². The maximum absolute atomic E-state index is 5.91. The van der Waals surface area contributed by atoms with E-state index in [0.29, 0.717) is 11.7 Å². The van der Waals surface area contributed by atoms with Crippen LogP contribution in [0.4, 0.5) is 5.82 Å². The van der Waals surface area contributed by atoms with Gasteiger partial charge in [-0.25, -0.2) is 4.98 Å². The van der Waals surface area contributed by atoms with Crippen LogP contribution < -0.4 is 11.1 Å². The molecule has 3 rings (SSSR count). The largest absolute Gasteiger partial charge is 0.391 e. The molecule has 0 radical (unpaired) electrons. The van der Waals surface area contributed by atoms with Gasteiger partial charge in [0, 0.05) is 24.0 Å². The van der Waals surface area contributed by atoms with E-state index in [1.165, 1.54) is 5.56 Å². The first-order chi connectivity index (χ1) is 8.34. The van der Waals surface area contributed by atoms with Gasteiger partial charge in [-0.2, -0.15) is 0 Å². The zero-order valence-electron chi connectivity index (χ0n) is 9.56. The number of nitrogens with zero attached hydrogens (tertiary/aromatic N) is 1. The summed E-state index contributed by atoms with van der Waals surface area (Å²) >= 11 is 0. The maximum Gasteiger partial charge on any atom is 0.131 e. The van der Waals surface area contributed by atoms with E-state index in [2.05, 4.69) is 34.6 Å². The first-order valence-corrected chi connectivity index (χ1v) is 5.89. The molecule has 3 nitrogen and oxygen atoms in total. The van der Waals surface area contributed by atoms with Crippen molar-refractivity contribution >= 4 is 16.6 Å². The van der Waals surface area contributed by atoms with Crippen molar-refractivity contribution in [3.05, 3.63) is 48.3 Å². The second-order valence-corrected chi connectivity index (χ2v) is 4.39. The fraction of sp³-hybridized carbons (Fsp3) is 0.214. The summed E-state index contributed by atoms with van der Waals surface area (Å²) in [7, 11) is 0. The number of pyridine rings is 1. The van der Waals surface area contributed by atoms with Crippen LogP contribution in [0.5, 0.6) is 0 Å². The van der Waals surface area contributed by atoms with Crippen LogP contribution in [0.1, 0.15) is 17.9 Å². The molecule has 2 aromatic rings. The molecule has 3 N–H and O–H groups in total. The van der Waals surface area contributed by atoms with Gasteiger partial charge in [-0.15, -0.1) is 0 Å². The lowest BCUT2D eigenvalue weighted by Crippen LogP contribution is -2.16. The third kappa shape index (κ3) is 1.84. The van der Waals surface area contributed by atoms with E-state index in [-0.39, 0.29) is 0 Å². The molecule has 86 valence electrons. The number of nitrogen functional groups attached to an aromatic ring is 1. The molecule has 0 bridgehead atoms. The second kappa shape index (κ2) is 4.09. The Hall–Kier alpha value is -2.03. The number of hydrogen-bond donors (Lipinski definition) is 2.